The standard InChI is InChI=1S/C17H15FN4O/c1-11-7-8-22-15(9-11)20-12(2)16(22)17(23)21-19-10-13-5-3-4-6-14(13)18/h3-10H,1-2H3,(H,21,23)/b19-10-. The highest BCUT2D eigenvalue weighted by Gasteiger charge is 2.16. The molecule has 0 saturated carbocycles. The Hall–Kier alpha value is -3.02. The summed E-state index contributed by atoms with van der Waals surface area (Å²) in [6, 6.07) is 9.99. The molecule has 0 aliphatic carbocycles. The van der Waals surface area contributed by atoms with Gasteiger partial charge < -0.3 is 0 Å². The molecule has 0 radical (unpaired) electrons. The number of aryl methyl sites for hydroxylation is 2. The van der Waals surface area contributed by atoms with Crippen LogP contribution in [-0.2, 0) is 0 Å². The molecule has 0 spiro atoms. The molecule has 0 saturated heterocycles. The second-order valence-corrected chi connectivity index (χ2v) is 5.20. The van der Waals surface area contributed by atoms with Crippen LogP contribution in [0.15, 0.2) is 47.7 Å². The number of nitrogens with zero attached hydrogens (tertiary/aromatic N) is 3. The summed E-state index contributed by atoms with van der Waals surface area (Å²) >= 11 is 0. The summed E-state index contributed by atoms with van der Waals surface area (Å²) in [6.45, 7) is 3.72. The lowest BCUT2D eigenvalue weighted by Gasteiger charge is -2.02. The Bertz CT molecular complexity index is 914. The van der Waals surface area contributed by atoms with Crippen molar-refractivity contribution in [2.24, 2.45) is 5.10 Å². The lowest BCUT2D eigenvalue weighted by Crippen LogP contribution is -2.20. The minimum Gasteiger partial charge on any atom is -0.295 e. The molecule has 5 nitrogen and oxygen atoms in total. The van der Waals surface area contributed by atoms with Crippen molar-refractivity contribution < 1.29 is 9.18 Å². The molecule has 0 unspecified atom stereocenters. The Morgan fingerprint density at radius 1 is 1.30 bits per heavy atom. The van der Waals surface area contributed by atoms with E-state index in [9.17, 15) is 9.18 Å². The summed E-state index contributed by atoms with van der Waals surface area (Å²) in [6.07, 6.45) is 3.07. The number of rotatable bonds is 3. The van der Waals surface area contributed by atoms with Crippen molar-refractivity contribution in [1.29, 1.82) is 0 Å². The summed E-state index contributed by atoms with van der Waals surface area (Å²) in [4.78, 5) is 16.7. The van der Waals surface area contributed by atoms with Gasteiger partial charge in [0.2, 0.25) is 0 Å². The molecule has 116 valence electrons. The van der Waals surface area contributed by atoms with E-state index in [0.717, 1.165) is 5.56 Å². The fraction of sp³-hybridized carbons (Fsp3) is 0.118. The second kappa shape index (κ2) is 6.00. The van der Waals surface area contributed by atoms with Crippen LogP contribution in [0.2, 0.25) is 0 Å². The Labute approximate surface area is 132 Å². The molecule has 1 amide bonds. The zero-order valence-electron chi connectivity index (χ0n) is 12.7. The number of carbonyl (C=O) groups excluding carboxylic acids is 1. The first kappa shape index (κ1) is 14.9. The van der Waals surface area contributed by atoms with E-state index in [1.807, 2.05) is 19.1 Å². The highest BCUT2D eigenvalue weighted by atomic mass is 19.1. The van der Waals surface area contributed by atoms with Gasteiger partial charge in [-0.1, -0.05) is 18.2 Å². The van der Waals surface area contributed by atoms with E-state index in [4.69, 9.17) is 0 Å². The number of amides is 1. The van der Waals surface area contributed by atoms with E-state index in [2.05, 4.69) is 15.5 Å². The fourth-order valence-corrected chi connectivity index (χ4v) is 2.33. The van der Waals surface area contributed by atoms with Gasteiger partial charge in [-0.3, -0.25) is 9.20 Å². The van der Waals surface area contributed by atoms with Crippen molar-refractivity contribution in [2.45, 2.75) is 13.8 Å². The summed E-state index contributed by atoms with van der Waals surface area (Å²) in [5.74, 6) is -0.793. The highest BCUT2D eigenvalue weighted by molar-refractivity contribution is 5.95. The molecule has 1 aromatic carbocycles. The van der Waals surface area contributed by atoms with E-state index in [-0.39, 0.29) is 0 Å². The minimum atomic E-state index is -0.397. The number of pyridine rings is 1. The van der Waals surface area contributed by atoms with Crippen LogP contribution in [0.4, 0.5) is 4.39 Å². The molecule has 0 fully saturated rings. The Morgan fingerprint density at radius 2 is 2.09 bits per heavy atom. The molecule has 2 heterocycles. The first-order valence-electron chi connectivity index (χ1n) is 7.09. The average Bonchev–Trinajstić information content (AvgIpc) is 2.84. The molecule has 0 aliphatic rings. The van der Waals surface area contributed by atoms with Crippen molar-refractivity contribution in [2.75, 3.05) is 0 Å². The summed E-state index contributed by atoms with van der Waals surface area (Å²) in [7, 11) is 0. The number of benzene rings is 1. The Morgan fingerprint density at radius 3 is 2.87 bits per heavy atom. The van der Waals surface area contributed by atoms with Crippen LogP contribution in [0.5, 0.6) is 0 Å². The topological polar surface area (TPSA) is 58.8 Å². The molecule has 1 N–H and O–H groups in total. The van der Waals surface area contributed by atoms with Crippen molar-refractivity contribution in [3.63, 3.8) is 0 Å². The largest absolute Gasteiger partial charge is 0.295 e. The van der Waals surface area contributed by atoms with Crippen LogP contribution < -0.4 is 5.43 Å². The fourth-order valence-electron chi connectivity index (χ4n) is 2.33. The third-order valence-electron chi connectivity index (χ3n) is 3.45. The van der Waals surface area contributed by atoms with Crippen LogP contribution in [0.1, 0.15) is 27.3 Å². The molecule has 6 heteroatoms. The predicted molar refractivity (Wildman–Crippen MR) is 86.1 cm³/mol. The van der Waals surface area contributed by atoms with E-state index < -0.39 is 11.7 Å². The maximum absolute atomic E-state index is 13.5. The number of hydrazone groups is 1. The van der Waals surface area contributed by atoms with Crippen LogP contribution in [0.25, 0.3) is 5.65 Å². The smallest absolute Gasteiger partial charge is 0.290 e. The number of halogens is 1. The molecule has 23 heavy (non-hydrogen) atoms. The maximum Gasteiger partial charge on any atom is 0.290 e. The molecule has 0 atom stereocenters. The van der Waals surface area contributed by atoms with E-state index >= 15 is 0 Å². The number of imidazole rings is 1. The molecular formula is C17H15FN4O. The first-order valence-corrected chi connectivity index (χ1v) is 7.09. The zero-order valence-corrected chi connectivity index (χ0v) is 12.7. The van der Waals surface area contributed by atoms with Crippen molar-refractivity contribution in [3.8, 4) is 0 Å². The third-order valence-corrected chi connectivity index (χ3v) is 3.45. The number of carbonyl (C=O) groups is 1. The molecule has 3 rings (SSSR count). The summed E-state index contributed by atoms with van der Waals surface area (Å²) in [5.41, 5.74) is 5.49. The van der Waals surface area contributed by atoms with Crippen LogP contribution >= 0.6 is 0 Å². The number of hydrogen-bond acceptors (Lipinski definition) is 3. The van der Waals surface area contributed by atoms with Crippen LogP contribution in [0.3, 0.4) is 0 Å². The van der Waals surface area contributed by atoms with Gasteiger partial charge in [-0.2, -0.15) is 5.10 Å². The number of fused-ring (bicyclic) bond motifs is 1. The lowest BCUT2D eigenvalue weighted by atomic mass is 10.2. The number of hydrogen-bond donors (Lipinski definition) is 1. The van der Waals surface area contributed by atoms with E-state index in [1.165, 1.54) is 12.3 Å². The Kier molecular flexibility index (Phi) is 3.89. The van der Waals surface area contributed by atoms with Crippen molar-refractivity contribution in [3.05, 3.63) is 70.9 Å². The summed E-state index contributed by atoms with van der Waals surface area (Å²) < 4.78 is 15.2. The van der Waals surface area contributed by atoms with Crippen LogP contribution in [0, 0.1) is 19.7 Å². The van der Waals surface area contributed by atoms with Gasteiger partial charge >= 0.3 is 0 Å². The Balaban J connectivity index is 1.84. The second-order valence-electron chi connectivity index (χ2n) is 5.20. The minimum absolute atomic E-state index is 0.304. The van der Waals surface area contributed by atoms with Gasteiger partial charge in [-0.05, 0) is 37.6 Å². The van der Waals surface area contributed by atoms with Gasteiger partial charge in [0.05, 0.1) is 11.9 Å². The van der Waals surface area contributed by atoms with Crippen LogP contribution in [-0.4, -0.2) is 21.5 Å². The third kappa shape index (κ3) is 2.96. The van der Waals surface area contributed by atoms with Gasteiger partial charge in [0, 0.05) is 11.8 Å². The predicted octanol–water partition coefficient (Wildman–Crippen LogP) is 2.85. The lowest BCUT2D eigenvalue weighted by molar-refractivity contribution is 0.0948. The van der Waals surface area contributed by atoms with E-state index in [0.29, 0.717) is 22.6 Å². The average molecular weight is 310 g/mol. The molecule has 0 aliphatic heterocycles. The van der Waals surface area contributed by atoms with Gasteiger partial charge in [0.1, 0.15) is 17.2 Å². The van der Waals surface area contributed by atoms with Gasteiger partial charge in [-0.15, -0.1) is 0 Å². The zero-order chi connectivity index (χ0) is 16.4. The van der Waals surface area contributed by atoms with Crippen molar-refractivity contribution in [1.82, 2.24) is 14.8 Å². The molecule has 3 aromatic rings. The monoisotopic (exact) mass is 310 g/mol. The quantitative estimate of drug-likeness (QED) is 0.597. The first-order chi connectivity index (χ1) is 11.1. The van der Waals surface area contributed by atoms with Crippen molar-refractivity contribution >= 4 is 17.8 Å². The highest BCUT2D eigenvalue weighted by Crippen LogP contribution is 2.13. The number of aromatic nitrogens is 2. The van der Waals surface area contributed by atoms with Gasteiger partial charge in [0.15, 0.2) is 0 Å². The maximum atomic E-state index is 13.5. The number of nitrogens with one attached hydrogen (secondary N) is 1. The van der Waals surface area contributed by atoms with Gasteiger partial charge in [0.25, 0.3) is 5.91 Å². The van der Waals surface area contributed by atoms with E-state index in [1.54, 1.807) is 35.7 Å². The summed E-state index contributed by atoms with van der Waals surface area (Å²) in [5, 5.41) is 3.82. The SMILES string of the molecule is Cc1ccn2c(C(=O)N/N=C\c3ccccc3F)c(C)nc2c1. The normalized spacial score (nSPS) is 11.3. The van der Waals surface area contributed by atoms with Gasteiger partial charge in [-0.25, -0.2) is 14.8 Å². The molecule has 2 aromatic heterocycles. The molecule has 0 bridgehead atoms. The molecular weight excluding hydrogens is 295 g/mol.